The largest absolute Gasteiger partial charge is 0.494 e. The number of nitrogens with zero attached hydrogens (tertiary/aromatic N) is 3. The fourth-order valence-electron chi connectivity index (χ4n) is 4.19. The van der Waals surface area contributed by atoms with Crippen LogP contribution in [0.25, 0.3) is 21.3 Å². The lowest BCUT2D eigenvalue weighted by molar-refractivity contribution is -0.116. The van der Waals surface area contributed by atoms with Crippen LogP contribution in [-0.2, 0) is 26.1 Å². The zero-order valence-electron chi connectivity index (χ0n) is 20.6. The van der Waals surface area contributed by atoms with E-state index in [1.54, 1.807) is 0 Å². The van der Waals surface area contributed by atoms with Crippen LogP contribution in [0.3, 0.4) is 0 Å². The standard InChI is InChI=1S/C26H26N4O6S2/c1-2-36-20-7-3-18(4-8-20)22-16-37-25-24(22)26(32)29(17-27-25)15-23(31)28-19-5-9-21(10-6-19)38(33,34)30-11-13-35-14-12-30/h3-10,16-17H,2,11-15H2,1H3,(H,28,31). The molecule has 0 unspecified atom stereocenters. The summed E-state index contributed by atoms with van der Waals surface area (Å²) in [6.45, 7) is 3.57. The van der Waals surface area contributed by atoms with Gasteiger partial charge in [0.15, 0.2) is 0 Å². The summed E-state index contributed by atoms with van der Waals surface area (Å²) in [7, 11) is -3.63. The second kappa shape index (κ2) is 11.0. The van der Waals surface area contributed by atoms with E-state index in [1.165, 1.54) is 50.8 Å². The summed E-state index contributed by atoms with van der Waals surface area (Å²) in [5.74, 6) is 0.310. The van der Waals surface area contributed by atoms with Crippen molar-refractivity contribution >= 4 is 43.2 Å². The van der Waals surface area contributed by atoms with Crippen LogP contribution in [0, 0.1) is 0 Å². The highest BCUT2D eigenvalue weighted by atomic mass is 32.2. The number of carbonyl (C=O) groups is 1. The molecule has 10 nitrogen and oxygen atoms in total. The van der Waals surface area contributed by atoms with E-state index in [9.17, 15) is 18.0 Å². The number of anilines is 1. The topological polar surface area (TPSA) is 120 Å². The summed E-state index contributed by atoms with van der Waals surface area (Å²) in [6, 6.07) is 13.4. The Kier molecular flexibility index (Phi) is 7.56. The van der Waals surface area contributed by atoms with Gasteiger partial charge < -0.3 is 14.8 Å². The number of hydrogen-bond donors (Lipinski definition) is 1. The molecule has 1 saturated heterocycles. The zero-order valence-corrected chi connectivity index (χ0v) is 22.3. The highest BCUT2D eigenvalue weighted by Crippen LogP contribution is 2.31. The van der Waals surface area contributed by atoms with Crippen LogP contribution in [0.1, 0.15) is 6.92 Å². The first-order valence-corrected chi connectivity index (χ1v) is 14.4. The normalized spacial score (nSPS) is 14.4. The molecule has 2 aromatic carbocycles. The van der Waals surface area contributed by atoms with Gasteiger partial charge in [-0.2, -0.15) is 4.31 Å². The van der Waals surface area contributed by atoms with Crippen molar-refractivity contribution in [2.45, 2.75) is 18.4 Å². The number of benzene rings is 2. The zero-order chi connectivity index (χ0) is 26.7. The van der Waals surface area contributed by atoms with Crippen molar-refractivity contribution in [2.24, 2.45) is 0 Å². The SMILES string of the molecule is CCOc1ccc(-c2csc3ncn(CC(=O)Nc4ccc(S(=O)(=O)N5CCOCC5)cc4)c(=O)c23)cc1. The lowest BCUT2D eigenvalue weighted by Gasteiger charge is -2.26. The molecular weight excluding hydrogens is 528 g/mol. The van der Waals surface area contributed by atoms with Gasteiger partial charge in [-0.25, -0.2) is 13.4 Å². The lowest BCUT2D eigenvalue weighted by Crippen LogP contribution is -2.40. The van der Waals surface area contributed by atoms with Crippen LogP contribution in [0.2, 0.25) is 0 Å². The Hall–Kier alpha value is -3.58. The van der Waals surface area contributed by atoms with E-state index in [2.05, 4.69) is 10.3 Å². The third-order valence-corrected chi connectivity index (χ3v) is 8.90. The Bertz CT molecular complexity index is 1610. The van der Waals surface area contributed by atoms with Gasteiger partial charge >= 0.3 is 0 Å². The molecule has 0 spiro atoms. The maximum atomic E-state index is 13.3. The van der Waals surface area contributed by atoms with E-state index >= 15 is 0 Å². The molecule has 3 heterocycles. The Labute approximate surface area is 223 Å². The number of thiophene rings is 1. The first-order chi connectivity index (χ1) is 18.4. The van der Waals surface area contributed by atoms with Crippen LogP contribution in [0.5, 0.6) is 5.75 Å². The number of aromatic nitrogens is 2. The number of sulfonamides is 1. The number of hydrogen-bond acceptors (Lipinski definition) is 8. The van der Waals surface area contributed by atoms with Gasteiger partial charge in [0.05, 0.1) is 36.4 Å². The van der Waals surface area contributed by atoms with Gasteiger partial charge in [-0.1, -0.05) is 12.1 Å². The first kappa shape index (κ1) is 26.0. The highest BCUT2D eigenvalue weighted by molar-refractivity contribution is 7.89. The summed E-state index contributed by atoms with van der Waals surface area (Å²) < 4.78 is 39.0. The number of fused-ring (bicyclic) bond motifs is 1. The molecule has 2 aromatic heterocycles. The molecule has 38 heavy (non-hydrogen) atoms. The van der Waals surface area contributed by atoms with E-state index < -0.39 is 15.9 Å². The molecule has 12 heteroatoms. The van der Waals surface area contributed by atoms with E-state index in [4.69, 9.17) is 9.47 Å². The quantitative estimate of drug-likeness (QED) is 0.355. The van der Waals surface area contributed by atoms with Gasteiger partial charge in [0, 0.05) is 29.7 Å². The molecule has 1 fully saturated rings. The average Bonchev–Trinajstić information content (AvgIpc) is 3.37. The molecule has 0 atom stereocenters. The number of morpholine rings is 1. The summed E-state index contributed by atoms with van der Waals surface area (Å²) in [4.78, 5) is 31.1. The van der Waals surface area contributed by atoms with Gasteiger partial charge in [0.2, 0.25) is 15.9 Å². The number of amides is 1. The molecule has 1 aliphatic rings. The predicted molar refractivity (Wildman–Crippen MR) is 145 cm³/mol. The molecule has 0 saturated carbocycles. The van der Waals surface area contributed by atoms with Crippen molar-refractivity contribution in [3.05, 3.63) is 70.6 Å². The molecule has 0 aliphatic carbocycles. The molecular formula is C26H26N4O6S2. The second-order valence-electron chi connectivity index (χ2n) is 8.55. The maximum Gasteiger partial charge on any atom is 0.263 e. The van der Waals surface area contributed by atoms with Gasteiger partial charge in [0.25, 0.3) is 5.56 Å². The van der Waals surface area contributed by atoms with Gasteiger partial charge in [-0.15, -0.1) is 11.3 Å². The second-order valence-corrected chi connectivity index (χ2v) is 11.3. The van der Waals surface area contributed by atoms with Crippen LogP contribution in [0.15, 0.2) is 69.9 Å². The number of carbonyl (C=O) groups excluding carboxylic acids is 1. The maximum absolute atomic E-state index is 13.3. The van der Waals surface area contributed by atoms with Gasteiger partial charge in [-0.05, 0) is 48.9 Å². The average molecular weight is 555 g/mol. The Balaban J connectivity index is 1.31. The van der Waals surface area contributed by atoms with Crippen molar-refractivity contribution in [1.82, 2.24) is 13.9 Å². The monoisotopic (exact) mass is 554 g/mol. The molecule has 5 rings (SSSR count). The van der Waals surface area contributed by atoms with Crippen molar-refractivity contribution in [2.75, 3.05) is 38.2 Å². The summed E-state index contributed by atoms with van der Waals surface area (Å²) in [5, 5.41) is 5.05. The minimum atomic E-state index is -3.63. The highest BCUT2D eigenvalue weighted by Gasteiger charge is 2.26. The molecule has 4 aromatic rings. The minimum absolute atomic E-state index is 0.141. The van der Waals surface area contributed by atoms with E-state index in [0.717, 1.165) is 16.9 Å². The first-order valence-electron chi connectivity index (χ1n) is 12.0. The van der Waals surface area contributed by atoms with Crippen molar-refractivity contribution in [3.8, 4) is 16.9 Å². The Morgan fingerprint density at radius 2 is 1.82 bits per heavy atom. The summed E-state index contributed by atoms with van der Waals surface area (Å²) in [5.41, 5.74) is 1.70. The third kappa shape index (κ3) is 5.34. The minimum Gasteiger partial charge on any atom is -0.494 e. The molecule has 198 valence electrons. The summed E-state index contributed by atoms with van der Waals surface area (Å²) >= 11 is 1.37. The Morgan fingerprint density at radius 1 is 1.11 bits per heavy atom. The number of nitrogens with one attached hydrogen (secondary N) is 1. The van der Waals surface area contributed by atoms with Gasteiger partial charge in [-0.3, -0.25) is 14.2 Å². The molecule has 0 bridgehead atoms. The Morgan fingerprint density at radius 3 is 2.50 bits per heavy atom. The predicted octanol–water partition coefficient (Wildman–Crippen LogP) is 3.18. The van der Waals surface area contributed by atoms with Crippen molar-refractivity contribution in [1.29, 1.82) is 0 Å². The smallest absolute Gasteiger partial charge is 0.263 e. The fraction of sp³-hybridized carbons (Fsp3) is 0.269. The van der Waals surface area contributed by atoms with E-state index in [1.807, 2.05) is 36.6 Å². The van der Waals surface area contributed by atoms with Crippen LogP contribution in [0.4, 0.5) is 5.69 Å². The van der Waals surface area contributed by atoms with E-state index in [-0.39, 0.29) is 17.0 Å². The third-order valence-electron chi connectivity index (χ3n) is 6.10. The molecule has 1 N–H and O–H groups in total. The number of rotatable bonds is 8. The van der Waals surface area contributed by atoms with Crippen molar-refractivity contribution in [3.63, 3.8) is 0 Å². The molecule has 1 aliphatic heterocycles. The van der Waals surface area contributed by atoms with Gasteiger partial charge in [0.1, 0.15) is 17.1 Å². The number of ether oxygens (including phenoxy) is 2. The molecule has 1 amide bonds. The molecule has 0 radical (unpaired) electrons. The van der Waals surface area contributed by atoms with Crippen molar-refractivity contribution < 1.29 is 22.7 Å². The summed E-state index contributed by atoms with van der Waals surface area (Å²) in [6.07, 6.45) is 1.36. The lowest BCUT2D eigenvalue weighted by atomic mass is 10.1. The van der Waals surface area contributed by atoms with E-state index in [0.29, 0.717) is 48.8 Å². The van der Waals surface area contributed by atoms with Crippen LogP contribution >= 0.6 is 11.3 Å². The van der Waals surface area contributed by atoms with Crippen LogP contribution in [-0.4, -0.2) is 61.1 Å². The van der Waals surface area contributed by atoms with Crippen LogP contribution < -0.4 is 15.6 Å². The fourth-order valence-corrected chi connectivity index (χ4v) is 6.51.